The fourth-order valence-corrected chi connectivity index (χ4v) is 5.01. The van der Waals surface area contributed by atoms with Crippen LogP contribution in [0.25, 0.3) is 0 Å². The molecule has 1 amide bonds. The lowest BCUT2D eigenvalue weighted by molar-refractivity contribution is -0.138. The van der Waals surface area contributed by atoms with Gasteiger partial charge in [-0.2, -0.15) is 13.2 Å². The Morgan fingerprint density at radius 3 is 2.43 bits per heavy atom. The van der Waals surface area contributed by atoms with Gasteiger partial charge in [0.2, 0.25) is 0 Å². The zero-order valence-corrected chi connectivity index (χ0v) is 21.2. The Balaban J connectivity index is 2.38. The van der Waals surface area contributed by atoms with Gasteiger partial charge in [0, 0.05) is 48.3 Å². The molecule has 0 aliphatic rings. The molecule has 0 aromatic heterocycles. The van der Waals surface area contributed by atoms with E-state index in [4.69, 9.17) is 28.9 Å². The van der Waals surface area contributed by atoms with Crippen molar-refractivity contribution in [3.8, 4) is 0 Å². The number of hydrogen-bond acceptors (Lipinski definition) is 6. The zero-order valence-electron chi connectivity index (χ0n) is 18.8. The molecule has 0 heterocycles. The summed E-state index contributed by atoms with van der Waals surface area (Å²) in [5, 5.41) is 11.6. The van der Waals surface area contributed by atoms with Crippen molar-refractivity contribution in [2.75, 3.05) is 32.0 Å². The fourth-order valence-electron chi connectivity index (χ4n) is 3.42. The van der Waals surface area contributed by atoms with Crippen LogP contribution < -0.4 is 11.1 Å². The van der Waals surface area contributed by atoms with E-state index in [1.165, 1.54) is 30.0 Å². The number of amides is 1. The van der Waals surface area contributed by atoms with Crippen LogP contribution in [0, 0.1) is 0 Å². The molecule has 0 bridgehead atoms. The summed E-state index contributed by atoms with van der Waals surface area (Å²) >= 11 is 12.1. The van der Waals surface area contributed by atoms with E-state index in [1.807, 2.05) is 0 Å². The molecule has 0 unspecified atom stereocenters. The summed E-state index contributed by atoms with van der Waals surface area (Å²) in [5.74, 6) is -1.06. The predicted molar refractivity (Wildman–Crippen MR) is 128 cm³/mol. The molecule has 0 saturated carbocycles. The number of nitrogens with zero attached hydrogens (tertiary/aromatic N) is 1. The Labute approximate surface area is 211 Å². The van der Waals surface area contributed by atoms with Crippen molar-refractivity contribution in [3.63, 3.8) is 0 Å². The van der Waals surface area contributed by atoms with E-state index in [0.29, 0.717) is 6.07 Å². The molecule has 0 radical (unpaired) electrons. The smallest absolute Gasteiger partial charge is 0.395 e. The molecule has 2 aromatic carbocycles. The van der Waals surface area contributed by atoms with Crippen molar-refractivity contribution < 1.29 is 31.5 Å². The highest BCUT2D eigenvalue weighted by molar-refractivity contribution is 7.91. The van der Waals surface area contributed by atoms with Crippen molar-refractivity contribution in [1.82, 2.24) is 10.2 Å². The van der Waals surface area contributed by atoms with Crippen LogP contribution >= 0.6 is 23.2 Å². The maximum atomic E-state index is 13.8. The predicted octanol–water partition coefficient (Wildman–Crippen LogP) is 3.49. The number of rotatable bonds is 11. The quantitative estimate of drug-likeness (QED) is 0.391. The summed E-state index contributed by atoms with van der Waals surface area (Å²) in [4.78, 5) is 14.2. The van der Waals surface area contributed by atoms with E-state index >= 15 is 0 Å². The second-order valence-electron chi connectivity index (χ2n) is 7.61. The van der Waals surface area contributed by atoms with E-state index in [9.17, 15) is 31.5 Å². The van der Waals surface area contributed by atoms with Gasteiger partial charge in [-0.05, 0) is 41.5 Å². The van der Waals surface area contributed by atoms with Crippen molar-refractivity contribution in [1.29, 1.82) is 0 Å². The molecular formula is C22H26Cl2F3N3O4S. The standard InChI is InChI=1S/C22H26Cl2F3N3O4S/c1-2-35(33,34)20-4-3-16(23)9-15(20)12-29-21(32)14-10-18(22(25,26)27)17(19(24)11-14)13-30(6-5-28)7-8-31/h3-4,9-11,31H,2,5-8,12-13,28H2,1H3,(H,29,32). The van der Waals surface area contributed by atoms with Crippen molar-refractivity contribution >= 4 is 38.9 Å². The zero-order chi connectivity index (χ0) is 26.4. The van der Waals surface area contributed by atoms with Gasteiger partial charge in [-0.3, -0.25) is 9.69 Å². The molecular weight excluding hydrogens is 530 g/mol. The van der Waals surface area contributed by atoms with Gasteiger partial charge in [0.1, 0.15) is 0 Å². The van der Waals surface area contributed by atoms with Gasteiger partial charge in [0.05, 0.1) is 22.8 Å². The van der Waals surface area contributed by atoms with Gasteiger partial charge >= 0.3 is 6.18 Å². The Kier molecular flexibility index (Phi) is 10.4. The number of halogens is 5. The number of sulfone groups is 1. The monoisotopic (exact) mass is 555 g/mol. The van der Waals surface area contributed by atoms with E-state index in [-0.39, 0.29) is 76.7 Å². The molecule has 0 aliphatic heterocycles. The largest absolute Gasteiger partial charge is 0.416 e. The molecule has 35 heavy (non-hydrogen) atoms. The van der Waals surface area contributed by atoms with E-state index in [1.54, 1.807) is 0 Å². The minimum absolute atomic E-state index is 0.0297. The normalized spacial score (nSPS) is 12.3. The lowest BCUT2D eigenvalue weighted by Crippen LogP contribution is -2.32. The Morgan fingerprint density at radius 2 is 1.86 bits per heavy atom. The highest BCUT2D eigenvalue weighted by Crippen LogP contribution is 2.37. The lowest BCUT2D eigenvalue weighted by Gasteiger charge is -2.24. The van der Waals surface area contributed by atoms with E-state index in [0.717, 1.165) is 6.07 Å². The van der Waals surface area contributed by atoms with Gasteiger partial charge in [-0.15, -0.1) is 0 Å². The summed E-state index contributed by atoms with van der Waals surface area (Å²) in [6, 6.07) is 5.89. The molecule has 194 valence electrons. The third-order valence-electron chi connectivity index (χ3n) is 5.18. The highest BCUT2D eigenvalue weighted by Gasteiger charge is 2.36. The number of nitrogens with two attached hydrogens (primary N) is 1. The number of aliphatic hydroxyl groups is 1. The van der Waals surface area contributed by atoms with Gasteiger partial charge in [-0.25, -0.2) is 8.42 Å². The fraction of sp³-hybridized carbons (Fsp3) is 0.409. The summed E-state index contributed by atoms with van der Waals surface area (Å²) in [6.45, 7) is 1.17. The highest BCUT2D eigenvalue weighted by atomic mass is 35.5. The van der Waals surface area contributed by atoms with Crippen LogP contribution in [0.3, 0.4) is 0 Å². The molecule has 2 aromatic rings. The third kappa shape index (κ3) is 7.80. The van der Waals surface area contributed by atoms with Gasteiger partial charge in [-0.1, -0.05) is 30.1 Å². The maximum absolute atomic E-state index is 13.8. The minimum atomic E-state index is -4.81. The minimum Gasteiger partial charge on any atom is -0.395 e. The SMILES string of the molecule is CCS(=O)(=O)c1ccc(Cl)cc1CNC(=O)c1cc(Cl)c(CN(CCN)CCO)c(C(F)(F)F)c1. The van der Waals surface area contributed by atoms with Crippen molar-refractivity contribution in [3.05, 3.63) is 62.6 Å². The second-order valence-corrected chi connectivity index (χ2v) is 10.7. The Bertz CT molecular complexity index is 1160. The van der Waals surface area contributed by atoms with E-state index < -0.39 is 27.5 Å². The molecule has 0 aliphatic carbocycles. The first-order chi connectivity index (χ1) is 16.3. The molecule has 7 nitrogen and oxygen atoms in total. The number of hydrogen-bond donors (Lipinski definition) is 3. The summed E-state index contributed by atoms with van der Waals surface area (Å²) in [6.07, 6.45) is -4.81. The molecule has 0 fully saturated rings. The van der Waals surface area contributed by atoms with Gasteiger partial charge < -0.3 is 16.2 Å². The summed E-state index contributed by atoms with van der Waals surface area (Å²) < 4.78 is 66.2. The Hall–Kier alpha value is -1.89. The number of carbonyl (C=O) groups excluding carboxylic acids is 1. The molecule has 0 atom stereocenters. The Morgan fingerprint density at radius 1 is 1.17 bits per heavy atom. The molecule has 13 heteroatoms. The van der Waals surface area contributed by atoms with Crippen LogP contribution in [-0.4, -0.2) is 56.3 Å². The average molecular weight is 556 g/mol. The van der Waals surface area contributed by atoms with Crippen LogP contribution in [0.5, 0.6) is 0 Å². The summed E-state index contributed by atoms with van der Waals surface area (Å²) in [7, 11) is -3.63. The first-order valence-corrected chi connectivity index (χ1v) is 13.0. The molecule has 0 saturated heterocycles. The van der Waals surface area contributed by atoms with Crippen LogP contribution in [-0.2, 0) is 29.1 Å². The summed E-state index contributed by atoms with van der Waals surface area (Å²) in [5.41, 5.74) is 4.02. The molecule has 2 rings (SSSR count). The second kappa shape index (κ2) is 12.4. The van der Waals surface area contributed by atoms with Gasteiger partial charge in [0.25, 0.3) is 5.91 Å². The van der Waals surface area contributed by atoms with Crippen LogP contribution in [0.2, 0.25) is 10.0 Å². The maximum Gasteiger partial charge on any atom is 0.416 e. The lowest BCUT2D eigenvalue weighted by atomic mass is 10.0. The van der Waals surface area contributed by atoms with Crippen LogP contribution in [0.4, 0.5) is 13.2 Å². The van der Waals surface area contributed by atoms with Crippen molar-refractivity contribution in [2.45, 2.75) is 31.1 Å². The number of aliphatic hydroxyl groups excluding tert-OH is 1. The first kappa shape index (κ1) is 29.3. The number of benzene rings is 2. The number of alkyl halides is 3. The first-order valence-electron chi connectivity index (χ1n) is 10.6. The average Bonchev–Trinajstić information content (AvgIpc) is 2.78. The van der Waals surface area contributed by atoms with Crippen LogP contribution in [0.15, 0.2) is 35.2 Å². The topological polar surface area (TPSA) is 113 Å². The molecule has 4 N–H and O–H groups in total. The molecule has 0 spiro atoms. The van der Waals surface area contributed by atoms with Crippen molar-refractivity contribution in [2.24, 2.45) is 5.73 Å². The third-order valence-corrected chi connectivity index (χ3v) is 7.58. The number of nitrogens with one attached hydrogen (secondary N) is 1. The van der Waals surface area contributed by atoms with E-state index in [2.05, 4.69) is 5.32 Å². The number of carbonyl (C=O) groups is 1. The van der Waals surface area contributed by atoms with Crippen LogP contribution in [0.1, 0.15) is 34.0 Å². The van der Waals surface area contributed by atoms with Gasteiger partial charge in [0.15, 0.2) is 9.84 Å².